The first-order valence-corrected chi connectivity index (χ1v) is 9.04. The molecule has 3 aromatic rings. The van der Waals surface area contributed by atoms with Gasteiger partial charge in [0.1, 0.15) is 18.1 Å². The maximum atomic E-state index is 13.9. The van der Waals surface area contributed by atoms with Crippen LogP contribution in [-0.2, 0) is 6.18 Å². The van der Waals surface area contributed by atoms with Crippen LogP contribution < -0.4 is 10.2 Å². The van der Waals surface area contributed by atoms with Crippen LogP contribution in [0.2, 0.25) is 0 Å². The zero-order valence-corrected chi connectivity index (χ0v) is 15.1. The Kier molecular flexibility index (Phi) is 4.01. The molecule has 2 fully saturated rings. The first kappa shape index (κ1) is 19.1. The zero-order valence-electron chi connectivity index (χ0n) is 15.1. The quantitative estimate of drug-likeness (QED) is 0.641. The van der Waals surface area contributed by atoms with Crippen molar-refractivity contribution in [2.45, 2.75) is 30.9 Å². The summed E-state index contributed by atoms with van der Waals surface area (Å²) in [6, 6.07) is -1.84. The van der Waals surface area contributed by atoms with Gasteiger partial charge in [0.25, 0.3) is 0 Å². The van der Waals surface area contributed by atoms with E-state index in [-0.39, 0.29) is 36.0 Å². The average Bonchev–Trinajstić information content (AvgIpc) is 3.18. The van der Waals surface area contributed by atoms with E-state index < -0.39 is 29.8 Å². The van der Waals surface area contributed by atoms with E-state index in [1.165, 1.54) is 17.1 Å². The maximum Gasteiger partial charge on any atom is 0.435 e. The molecule has 0 bridgehead atoms. The standard InChI is InChI=1S/C16H14F6N8/c17-15(18,19)10-1-2-28(10)14-13-24-7-26-30(13)12(16(20,21)22)11(27-14)8-3-25-29(6-8)9-4-23-5-9/h3,6-7,9-10,23H,1-2,4-5H2/t10-/m1/s1. The van der Waals surface area contributed by atoms with Crippen LogP contribution in [0.3, 0.4) is 0 Å². The molecule has 3 aromatic heterocycles. The third-order valence-electron chi connectivity index (χ3n) is 5.35. The van der Waals surface area contributed by atoms with Crippen molar-refractivity contribution in [3.05, 3.63) is 24.4 Å². The summed E-state index contributed by atoms with van der Waals surface area (Å²) < 4.78 is 83.6. The van der Waals surface area contributed by atoms with Gasteiger partial charge in [-0.2, -0.15) is 36.5 Å². The molecule has 8 nitrogen and oxygen atoms in total. The number of hydrogen-bond acceptors (Lipinski definition) is 6. The first-order valence-electron chi connectivity index (χ1n) is 9.04. The van der Waals surface area contributed by atoms with Gasteiger partial charge in [-0.3, -0.25) is 4.68 Å². The second-order valence-corrected chi connectivity index (χ2v) is 7.19. The molecule has 5 heterocycles. The number of nitrogens with one attached hydrogen (secondary N) is 1. The van der Waals surface area contributed by atoms with E-state index >= 15 is 0 Å². The van der Waals surface area contributed by atoms with Crippen LogP contribution in [0, 0.1) is 0 Å². The van der Waals surface area contributed by atoms with Crippen LogP contribution in [0.5, 0.6) is 0 Å². The van der Waals surface area contributed by atoms with Crippen molar-refractivity contribution < 1.29 is 26.3 Å². The van der Waals surface area contributed by atoms with Crippen molar-refractivity contribution in [2.75, 3.05) is 24.5 Å². The largest absolute Gasteiger partial charge is 0.435 e. The lowest BCUT2D eigenvalue weighted by atomic mass is 10.0. The number of halogens is 6. The third kappa shape index (κ3) is 2.88. The van der Waals surface area contributed by atoms with Gasteiger partial charge >= 0.3 is 12.4 Å². The number of hydrogen-bond donors (Lipinski definition) is 1. The number of rotatable bonds is 3. The van der Waals surface area contributed by atoms with Crippen molar-refractivity contribution in [1.82, 2.24) is 34.7 Å². The number of aromatic nitrogens is 6. The van der Waals surface area contributed by atoms with Gasteiger partial charge in [-0.15, -0.1) is 0 Å². The minimum Gasteiger partial charge on any atom is -0.341 e. The van der Waals surface area contributed by atoms with Crippen molar-refractivity contribution in [3.8, 4) is 11.3 Å². The van der Waals surface area contributed by atoms with Crippen LogP contribution in [-0.4, -0.2) is 61.2 Å². The highest BCUT2D eigenvalue weighted by Gasteiger charge is 2.50. The SMILES string of the molecule is FC(F)(F)c1c(-c2cnn(C3CNC3)c2)nc(N2CC[C@@H]2C(F)(F)F)c2ncnn12. The fraction of sp³-hybridized carbons (Fsp3) is 0.500. The van der Waals surface area contributed by atoms with Gasteiger partial charge in [-0.25, -0.2) is 14.5 Å². The number of fused-ring (bicyclic) bond motifs is 1. The summed E-state index contributed by atoms with van der Waals surface area (Å²) >= 11 is 0. The lowest BCUT2D eigenvalue weighted by molar-refractivity contribution is -0.160. The molecule has 2 saturated heterocycles. The Hall–Kier alpha value is -2.90. The summed E-state index contributed by atoms with van der Waals surface area (Å²) in [6.45, 7) is 1.24. The number of nitrogens with zero attached hydrogens (tertiary/aromatic N) is 7. The normalized spacial score (nSPS) is 20.5. The molecule has 0 aliphatic carbocycles. The molecule has 30 heavy (non-hydrogen) atoms. The van der Waals surface area contributed by atoms with Crippen molar-refractivity contribution in [2.24, 2.45) is 0 Å². The van der Waals surface area contributed by atoms with Crippen molar-refractivity contribution in [1.29, 1.82) is 0 Å². The van der Waals surface area contributed by atoms with Gasteiger partial charge in [0.15, 0.2) is 17.2 Å². The lowest BCUT2D eigenvalue weighted by Gasteiger charge is -2.42. The van der Waals surface area contributed by atoms with E-state index in [4.69, 9.17) is 0 Å². The predicted molar refractivity (Wildman–Crippen MR) is 90.7 cm³/mol. The Bertz CT molecular complexity index is 1100. The molecule has 2 aliphatic heterocycles. The minimum absolute atomic E-state index is 0.00247. The topological polar surface area (TPSA) is 76.2 Å². The Morgan fingerprint density at radius 3 is 2.40 bits per heavy atom. The Labute approximate surface area is 164 Å². The van der Waals surface area contributed by atoms with Crippen LogP contribution in [0.15, 0.2) is 18.7 Å². The molecule has 160 valence electrons. The molecule has 0 saturated carbocycles. The summed E-state index contributed by atoms with van der Waals surface area (Å²) in [4.78, 5) is 8.69. The molecule has 1 N–H and O–H groups in total. The fourth-order valence-electron chi connectivity index (χ4n) is 3.62. The molecule has 0 spiro atoms. The van der Waals surface area contributed by atoms with Crippen LogP contribution in [0.4, 0.5) is 32.2 Å². The molecule has 0 radical (unpaired) electrons. The molecule has 0 aromatic carbocycles. The van der Waals surface area contributed by atoms with E-state index in [2.05, 4.69) is 25.5 Å². The monoisotopic (exact) mass is 432 g/mol. The van der Waals surface area contributed by atoms with E-state index in [1.807, 2.05) is 0 Å². The average molecular weight is 432 g/mol. The van der Waals surface area contributed by atoms with Crippen LogP contribution in [0.1, 0.15) is 18.2 Å². The molecular formula is C16H14F6N8. The highest BCUT2D eigenvalue weighted by atomic mass is 19.4. The summed E-state index contributed by atoms with van der Waals surface area (Å²) in [7, 11) is 0. The first-order chi connectivity index (χ1) is 14.1. The molecule has 14 heteroatoms. The number of alkyl halides is 6. The second-order valence-electron chi connectivity index (χ2n) is 7.19. The van der Waals surface area contributed by atoms with E-state index in [9.17, 15) is 26.3 Å². The van der Waals surface area contributed by atoms with Crippen molar-refractivity contribution >= 4 is 11.5 Å². The third-order valence-corrected chi connectivity index (χ3v) is 5.35. The zero-order chi connectivity index (χ0) is 21.3. The number of anilines is 1. The van der Waals surface area contributed by atoms with Crippen molar-refractivity contribution in [3.63, 3.8) is 0 Å². The Morgan fingerprint density at radius 1 is 1.07 bits per heavy atom. The molecule has 2 aliphatic rings. The van der Waals surface area contributed by atoms with Gasteiger partial charge in [-0.1, -0.05) is 0 Å². The smallest absolute Gasteiger partial charge is 0.341 e. The Balaban J connectivity index is 1.69. The lowest BCUT2D eigenvalue weighted by Crippen LogP contribution is -2.56. The van der Waals surface area contributed by atoms with E-state index in [0.717, 1.165) is 11.2 Å². The summed E-state index contributed by atoms with van der Waals surface area (Å²) in [6.07, 6.45) is -6.08. The summed E-state index contributed by atoms with van der Waals surface area (Å²) in [5, 5.41) is 10.8. The highest BCUT2D eigenvalue weighted by molar-refractivity contribution is 5.73. The van der Waals surface area contributed by atoms with E-state index in [1.54, 1.807) is 0 Å². The predicted octanol–water partition coefficient (Wildman–Crippen LogP) is 2.29. The van der Waals surface area contributed by atoms with Gasteiger partial charge in [0.2, 0.25) is 0 Å². The van der Waals surface area contributed by atoms with Gasteiger partial charge in [0, 0.05) is 31.4 Å². The van der Waals surface area contributed by atoms with E-state index in [0.29, 0.717) is 17.6 Å². The molecular weight excluding hydrogens is 418 g/mol. The van der Waals surface area contributed by atoms with Gasteiger partial charge < -0.3 is 10.2 Å². The fourth-order valence-corrected chi connectivity index (χ4v) is 3.62. The molecule has 5 rings (SSSR count). The van der Waals surface area contributed by atoms with Crippen LogP contribution >= 0.6 is 0 Å². The summed E-state index contributed by atoms with van der Waals surface area (Å²) in [5.74, 6) is -0.290. The van der Waals surface area contributed by atoms with Gasteiger partial charge in [-0.05, 0) is 6.42 Å². The molecule has 0 amide bonds. The van der Waals surface area contributed by atoms with Crippen LogP contribution in [0.25, 0.3) is 16.9 Å². The highest BCUT2D eigenvalue weighted by Crippen LogP contribution is 2.42. The Morgan fingerprint density at radius 2 is 1.83 bits per heavy atom. The molecule has 0 unspecified atom stereocenters. The minimum atomic E-state index is -4.87. The second kappa shape index (κ2) is 6.30. The van der Waals surface area contributed by atoms with Gasteiger partial charge in [0.05, 0.1) is 12.2 Å². The summed E-state index contributed by atoms with van der Waals surface area (Å²) in [5.41, 5.74) is -2.09. The molecule has 1 atom stereocenters. The maximum absolute atomic E-state index is 13.9.